The van der Waals surface area contributed by atoms with Crippen LogP contribution < -0.4 is 9.80 Å². The van der Waals surface area contributed by atoms with Crippen LogP contribution in [0, 0.1) is 11.8 Å². The Kier molecular flexibility index (Phi) is 7.39. The van der Waals surface area contributed by atoms with Crippen molar-refractivity contribution < 1.29 is 24.2 Å². The molecule has 1 N–H and O–H groups in total. The van der Waals surface area contributed by atoms with Crippen LogP contribution in [-0.4, -0.2) is 70.7 Å². The molecule has 0 aromatic heterocycles. The Morgan fingerprint density at radius 2 is 1.40 bits per heavy atom. The molecule has 3 aromatic carbocycles. The number of amides is 3. The minimum absolute atomic E-state index is 0.237. The van der Waals surface area contributed by atoms with Gasteiger partial charge in [0.1, 0.15) is 11.6 Å². The van der Waals surface area contributed by atoms with E-state index in [2.05, 4.69) is 0 Å². The van der Waals surface area contributed by atoms with Crippen molar-refractivity contribution in [3.05, 3.63) is 120 Å². The molecule has 6 atom stereocenters. The molecule has 0 radical (unpaired) electrons. The zero-order chi connectivity index (χ0) is 31.3. The summed E-state index contributed by atoms with van der Waals surface area (Å²) in [4.78, 5) is 49.1. The van der Waals surface area contributed by atoms with Gasteiger partial charge in [-0.05, 0) is 55.3 Å². The fourth-order valence-corrected chi connectivity index (χ4v) is 7.81. The second-order valence-electron chi connectivity index (χ2n) is 12.3. The molecule has 7 rings (SSSR count). The molecule has 1 spiro atoms. The van der Waals surface area contributed by atoms with Crippen molar-refractivity contribution in [3.63, 3.8) is 0 Å². The van der Waals surface area contributed by atoms with E-state index in [1.165, 1.54) is 4.90 Å². The van der Waals surface area contributed by atoms with Crippen LogP contribution >= 0.6 is 11.6 Å². The van der Waals surface area contributed by atoms with Gasteiger partial charge in [0.15, 0.2) is 0 Å². The molecule has 8 nitrogen and oxygen atoms in total. The summed E-state index contributed by atoms with van der Waals surface area (Å²) in [7, 11) is 0. The number of aliphatic hydroxyl groups excluding tert-OH is 1. The van der Waals surface area contributed by atoms with Gasteiger partial charge < -0.3 is 24.5 Å². The lowest BCUT2D eigenvalue weighted by Crippen LogP contribution is -2.59. The lowest BCUT2D eigenvalue weighted by Gasteiger charge is -2.40. The third kappa shape index (κ3) is 4.71. The van der Waals surface area contributed by atoms with Gasteiger partial charge in [0, 0.05) is 29.5 Å². The van der Waals surface area contributed by atoms with E-state index in [0.29, 0.717) is 23.7 Å². The van der Waals surface area contributed by atoms with Gasteiger partial charge in [-0.1, -0.05) is 84.4 Å². The number of halogens is 1. The third-order valence-electron chi connectivity index (χ3n) is 9.62. The van der Waals surface area contributed by atoms with Crippen molar-refractivity contribution in [2.24, 2.45) is 11.8 Å². The summed E-state index contributed by atoms with van der Waals surface area (Å²) in [5.41, 5.74) is -0.348. The summed E-state index contributed by atoms with van der Waals surface area (Å²) in [6.07, 6.45) is 7.76. The highest BCUT2D eigenvalue weighted by Crippen LogP contribution is 2.58. The maximum atomic E-state index is 14.9. The predicted molar refractivity (Wildman–Crippen MR) is 172 cm³/mol. The highest BCUT2D eigenvalue weighted by Gasteiger charge is 2.75. The first-order valence-corrected chi connectivity index (χ1v) is 15.6. The first kappa shape index (κ1) is 29.5. The molecule has 2 saturated heterocycles. The monoisotopic (exact) mass is 623 g/mol. The second kappa shape index (κ2) is 11.3. The van der Waals surface area contributed by atoms with Crippen molar-refractivity contribution in [1.82, 2.24) is 4.90 Å². The molecule has 1 unspecified atom stereocenters. The lowest BCUT2D eigenvalue weighted by molar-refractivity contribution is -0.147. The predicted octanol–water partition coefficient (Wildman–Crippen LogP) is 4.42. The number of hydrogen-bond donors (Lipinski definition) is 1. The van der Waals surface area contributed by atoms with Crippen molar-refractivity contribution in [2.45, 2.75) is 36.6 Å². The standard InChI is InChI=1S/C36H34ClN3O5/c1-35-18-8-20-38(26-12-6-3-7-13-26)32(42)29(35)30-33(43)40(28(23-41)22-24-10-4-2-5-11-24)31-34(44)39(21-9-19-36(30,31)45-35)27-16-14-25(37)15-17-27/h2-19,28-31,41H,20-23H2,1H3/t28-,29+,30+,31?,35-,36+/m1/s1. The SMILES string of the molecule is C[C@@]12C=CCN(c3ccccc3)C(=O)[C@@H]1[C@H]1C(=O)N([C@@H](CO)Cc3ccccc3)C3C(=O)N(c4ccc(Cl)cc4)CC=C[C@@]31O2. The van der Waals surface area contributed by atoms with E-state index in [4.69, 9.17) is 16.3 Å². The highest BCUT2D eigenvalue weighted by molar-refractivity contribution is 6.30. The zero-order valence-corrected chi connectivity index (χ0v) is 25.6. The maximum Gasteiger partial charge on any atom is 0.253 e. The van der Waals surface area contributed by atoms with Gasteiger partial charge in [0.25, 0.3) is 5.91 Å². The number of anilines is 2. The first-order valence-electron chi connectivity index (χ1n) is 15.2. The molecule has 0 saturated carbocycles. The van der Waals surface area contributed by atoms with Crippen molar-refractivity contribution in [1.29, 1.82) is 0 Å². The minimum Gasteiger partial charge on any atom is -0.394 e. The van der Waals surface area contributed by atoms with Crippen LogP contribution in [0.4, 0.5) is 11.4 Å². The molecule has 4 heterocycles. The van der Waals surface area contributed by atoms with Crippen molar-refractivity contribution in [2.75, 3.05) is 29.5 Å². The van der Waals surface area contributed by atoms with Crippen LogP contribution in [0.15, 0.2) is 109 Å². The van der Waals surface area contributed by atoms with E-state index in [0.717, 1.165) is 11.3 Å². The van der Waals surface area contributed by atoms with E-state index in [1.807, 2.05) is 91.9 Å². The molecule has 0 bridgehead atoms. The fraction of sp³-hybridized carbons (Fsp3) is 0.306. The van der Waals surface area contributed by atoms with Gasteiger partial charge in [-0.2, -0.15) is 0 Å². The average Bonchev–Trinajstić information content (AvgIpc) is 3.32. The average molecular weight is 624 g/mol. The Balaban J connectivity index is 1.37. The molecule has 3 aromatic rings. The smallest absolute Gasteiger partial charge is 0.253 e. The number of likely N-dealkylation sites (tertiary alicyclic amines) is 1. The fourth-order valence-electron chi connectivity index (χ4n) is 7.68. The summed E-state index contributed by atoms with van der Waals surface area (Å²) in [5.74, 6) is -2.87. The van der Waals surface area contributed by atoms with Gasteiger partial charge in [-0.15, -0.1) is 0 Å². The number of ether oxygens (including phenoxy) is 1. The van der Waals surface area contributed by atoms with Crippen LogP contribution in [0.5, 0.6) is 0 Å². The third-order valence-corrected chi connectivity index (χ3v) is 9.87. The molecule has 9 heteroatoms. The van der Waals surface area contributed by atoms with Gasteiger partial charge >= 0.3 is 0 Å². The van der Waals surface area contributed by atoms with Gasteiger partial charge in [0.05, 0.1) is 30.1 Å². The topological polar surface area (TPSA) is 90.4 Å². The van der Waals surface area contributed by atoms with E-state index in [-0.39, 0.29) is 30.9 Å². The van der Waals surface area contributed by atoms with E-state index in [1.54, 1.807) is 34.1 Å². The summed E-state index contributed by atoms with van der Waals surface area (Å²) < 4.78 is 6.97. The Labute approximate surface area is 267 Å². The first-order chi connectivity index (χ1) is 21.8. The number of carbonyl (C=O) groups is 3. The highest BCUT2D eigenvalue weighted by atomic mass is 35.5. The number of carbonyl (C=O) groups excluding carboxylic acids is 3. The van der Waals surface area contributed by atoms with Crippen LogP contribution in [0.2, 0.25) is 5.02 Å². The number of hydrogen-bond acceptors (Lipinski definition) is 5. The van der Waals surface area contributed by atoms with Crippen LogP contribution in [-0.2, 0) is 25.5 Å². The normalized spacial score (nSPS) is 29.7. The molecule has 3 amide bonds. The quantitative estimate of drug-likeness (QED) is 0.411. The molecule has 0 aliphatic carbocycles. The van der Waals surface area contributed by atoms with Crippen molar-refractivity contribution >= 4 is 40.7 Å². The summed E-state index contributed by atoms with van der Waals surface area (Å²) >= 11 is 6.17. The minimum atomic E-state index is -1.45. The number of benzene rings is 3. The van der Waals surface area contributed by atoms with E-state index in [9.17, 15) is 19.5 Å². The van der Waals surface area contributed by atoms with Crippen LogP contribution in [0.1, 0.15) is 12.5 Å². The Bertz CT molecular complexity index is 1680. The number of fused-ring (bicyclic) bond motifs is 2. The van der Waals surface area contributed by atoms with Crippen LogP contribution in [0.3, 0.4) is 0 Å². The van der Waals surface area contributed by atoms with Gasteiger partial charge in [0.2, 0.25) is 11.8 Å². The second-order valence-corrected chi connectivity index (χ2v) is 12.7. The van der Waals surface area contributed by atoms with Gasteiger partial charge in [-0.25, -0.2) is 0 Å². The Morgan fingerprint density at radius 3 is 2.07 bits per heavy atom. The lowest BCUT2D eigenvalue weighted by atomic mass is 9.74. The number of para-hydroxylation sites is 1. The molecule has 45 heavy (non-hydrogen) atoms. The number of nitrogens with zero attached hydrogens (tertiary/aromatic N) is 3. The van der Waals surface area contributed by atoms with Crippen LogP contribution in [0.25, 0.3) is 0 Å². The molecular weight excluding hydrogens is 590 g/mol. The molecule has 4 aliphatic rings. The molecular formula is C36H34ClN3O5. The zero-order valence-electron chi connectivity index (χ0n) is 24.8. The largest absolute Gasteiger partial charge is 0.394 e. The van der Waals surface area contributed by atoms with E-state index < -0.39 is 35.1 Å². The summed E-state index contributed by atoms with van der Waals surface area (Å²) in [6, 6.07) is 24.0. The molecule has 2 fully saturated rings. The van der Waals surface area contributed by atoms with Gasteiger partial charge in [-0.3, -0.25) is 14.4 Å². The van der Waals surface area contributed by atoms with Crippen molar-refractivity contribution in [3.8, 4) is 0 Å². The molecule has 4 aliphatic heterocycles. The Morgan fingerprint density at radius 1 is 0.800 bits per heavy atom. The summed E-state index contributed by atoms with van der Waals surface area (Å²) in [5, 5.41) is 11.3. The molecule has 230 valence electrons. The van der Waals surface area contributed by atoms with E-state index >= 15 is 0 Å². The maximum absolute atomic E-state index is 14.9. The Hall–Kier alpha value is -4.24. The summed E-state index contributed by atoms with van der Waals surface area (Å²) in [6.45, 7) is 2.02. The number of rotatable bonds is 6. The number of aliphatic hydroxyl groups is 1.